The van der Waals surface area contributed by atoms with Crippen LogP contribution in [0.1, 0.15) is 10.6 Å². The van der Waals surface area contributed by atoms with Crippen LogP contribution in [0.3, 0.4) is 0 Å². The topological polar surface area (TPSA) is 52.6 Å². The highest BCUT2D eigenvalue weighted by atomic mass is 35.5. The predicted octanol–water partition coefficient (Wildman–Crippen LogP) is 5.43. The highest BCUT2D eigenvalue weighted by molar-refractivity contribution is 7.15. The molecule has 0 saturated heterocycles. The molecule has 148 valence electrons. The minimum atomic E-state index is 0.563. The van der Waals surface area contributed by atoms with E-state index in [2.05, 4.69) is 10.3 Å². The van der Waals surface area contributed by atoms with E-state index >= 15 is 0 Å². The van der Waals surface area contributed by atoms with Crippen LogP contribution < -0.4 is 19.5 Å². The van der Waals surface area contributed by atoms with Gasteiger partial charge in [0.2, 0.25) is 5.75 Å². The summed E-state index contributed by atoms with van der Waals surface area (Å²) in [5, 5.41) is 5.59. The smallest absolute Gasteiger partial charge is 0.203 e. The van der Waals surface area contributed by atoms with Crippen LogP contribution in [0.25, 0.3) is 10.4 Å². The zero-order valence-electron chi connectivity index (χ0n) is 15.7. The number of nitrogens with zero attached hydrogens (tertiary/aromatic N) is 1. The first kappa shape index (κ1) is 20.7. The van der Waals surface area contributed by atoms with Gasteiger partial charge in [0.25, 0.3) is 0 Å². The van der Waals surface area contributed by atoms with Crippen molar-refractivity contribution in [3.05, 3.63) is 57.1 Å². The van der Waals surface area contributed by atoms with E-state index in [1.54, 1.807) is 38.7 Å². The van der Waals surface area contributed by atoms with Crippen LogP contribution in [-0.4, -0.2) is 26.3 Å². The molecule has 8 heteroatoms. The lowest BCUT2D eigenvalue weighted by Gasteiger charge is -2.14. The van der Waals surface area contributed by atoms with Gasteiger partial charge in [-0.25, -0.2) is 4.98 Å². The van der Waals surface area contributed by atoms with Gasteiger partial charge in [0, 0.05) is 34.9 Å². The van der Waals surface area contributed by atoms with Crippen LogP contribution in [-0.2, 0) is 13.1 Å². The fourth-order valence-electron chi connectivity index (χ4n) is 2.78. The maximum absolute atomic E-state index is 6.21. The summed E-state index contributed by atoms with van der Waals surface area (Å²) in [5.74, 6) is 1.81. The lowest BCUT2D eigenvalue weighted by molar-refractivity contribution is 0.325. The molecular weight excluding hydrogens is 419 g/mol. The molecule has 0 amide bonds. The van der Waals surface area contributed by atoms with E-state index in [-0.39, 0.29) is 0 Å². The highest BCUT2D eigenvalue weighted by Gasteiger charge is 2.18. The molecule has 0 fully saturated rings. The molecule has 2 aromatic carbocycles. The van der Waals surface area contributed by atoms with Crippen LogP contribution in [0.15, 0.2) is 36.5 Å². The number of halogens is 2. The molecule has 3 aromatic rings. The predicted molar refractivity (Wildman–Crippen MR) is 114 cm³/mol. The van der Waals surface area contributed by atoms with Gasteiger partial charge in [-0.15, -0.1) is 11.3 Å². The van der Waals surface area contributed by atoms with Crippen molar-refractivity contribution in [3.8, 4) is 27.7 Å². The normalized spacial score (nSPS) is 10.8. The molecule has 0 atom stereocenters. The van der Waals surface area contributed by atoms with E-state index in [1.165, 1.54) is 0 Å². The first-order valence-corrected chi connectivity index (χ1v) is 10.0. The number of hydrogen-bond donors (Lipinski definition) is 1. The summed E-state index contributed by atoms with van der Waals surface area (Å²) in [6.07, 6.45) is 1.83. The molecule has 3 rings (SSSR count). The van der Waals surface area contributed by atoms with Crippen molar-refractivity contribution >= 4 is 34.5 Å². The van der Waals surface area contributed by atoms with E-state index in [1.807, 2.05) is 30.5 Å². The number of rotatable bonds is 8. The first-order valence-electron chi connectivity index (χ1n) is 8.46. The third-order valence-corrected chi connectivity index (χ3v) is 5.75. The molecular formula is C20H20Cl2N2O3S. The van der Waals surface area contributed by atoms with Crippen LogP contribution in [0.5, 0.6) is 17.2 Å². The van der Waals surface area contributed by atoms with Crippen molar-refractivity contribution in [3.63, 3.8) is 0 Å². The van der Waals surface area contributed by atoms with Crippen molar-refractivity contribution in [2.24, 2.45) is 0 Å². The second-order valence-corrected chi connectivity index (χ2v) is 7.80. The Labute approximate surface area is 178 Å². The number of aromatic nitrogens is 1. The fraction of sp³-hybridized carbons (Fsp3) is 0.250. The van der Waals surface area contributed by atoms with Crippen LogP contribution in [0, 0.1) is 0 Å². The minimum absolute atomic E-state index is 0.563. The summed E-state index contributed by atoms with van der Waals surface area (Å²) < 4.78 is 16.4. The number of thiazole rings is 1. The van der Waals surface area contributed by atoms with Gasteiger partial charge in [0.1, 0.15) is 5.01 Å². The van der Waals surface area contributed by atoms with Crippen molar-refractivity contribution in [2.45, 2.75) is 13.1 Å². The Hall–Kier alpha value is -1.99. The number of methoxy groups -OCH3 is 3. The molecule has 0 saturated carbocycles. The standard InChI is InChI=1S/C20H20Cl2N2O3S/c1-25-16-7-6-14(19(26-2)20(16)27-3)17-10-24-18(28-17)11-23-9-12-4-5-13(21)8-15(12)22/h4-8,10,23H,9,11H2,1-3H3. The second kappa shape index (κ2) is 9.47. The van der Waals surface area contributed by atoms with Gasteiger partial charge in [0.05, 0.1) is 26.2 Å². The Balaban J connectivity index is 1.73. The number of ether oxygens (including phenoxy) is 3. The molecule has 0 bridgehead atoms. The van der Waals surface area contributed by atoms with Gasteiger partial charge < -0.3 is 19.5 Å². The summed E-state index contributed by atoms with van der Waals surface area (Å²) in [6, 6.07) is 9.29. The van der Waals surface area contributed by atoms with Gasteiger partial charge in [-0.2, -0.15) is 0 Å². The average molecular weight is 439 g/mol. The van der Waals surface area contributed by atoms with Gasteiger partial charge in [0.15, 0.2) is 11.5 Å². The zero-order valence-corrected chi connectivity index (χ0v) is 18.0. The Morgan fingerprint density at radius 2 is 1.75 bits per heavy atom. The summed E-state index contributed by atoms with van der Waals surface area (Å²) in [7, 11) is 4.80. The van der Waals surface area contributed by atoms with Crippen LogP contribution in [0.2, 0.25) is 10.0 Å². The number of hydrogen-bond acceptors (Lipinski definition) is 6. The van der Waals surface area contributed by atoms with Gasteiger partial charge in [-0.05, 0) is 29.8 Å². The summed E-state index contributed by atoms with van der Waals surface area (Å²) >= 11 is 13.7. The summed E-state index contributed by atoms with van der Waals surface area (Å²) in [5.41, 5.74) is 1.90. The zero-order chi connectivity index (χ0) is 20.1. The fourth-order valence-corrected chi connectivity index (χ4v) is 4.17. The van der Waals surface area contributed by atoms with Crippen molar-refractivity contribution in [1.29, 1.82) is 0 Å². The number of nitrogens with one attached hydrogen (secondary N) is 1. The Morgan fingerprint density at radius 3 is 2.43 bits per heavy atom. The summed E-state index contributed by atoms with van der Waals surface area (Å²) in [6.45, 7) is 1.25. The van der Waals surface area contributed by atoms with Gasteiger partial charge in [-0.1, -0.05) is 29.3 Å². The van der Waals surface area contributed by atoms with Gasteiger partial charge in [-0.3, -0.25) is 0 Å². The van der Waals surface area contributed by atoms with Crippen molar-refractivity contribution in [1.82, 2.24) is 10.3 Å². The Kier molecular flexibility index (Phi) is 7.02. The van der Waals surface area contributed by atoms with E-state index in [9.17, 15) is 0 Å². The molecule has 0 unspecified atom stereocenters. The first-order chi connectivity index (χ1) is 13.6. The van der Waals surface area contributed by atoms with Crippen molar-refractivity contribution < 1.29 is 14.2 Å². The quantitative estimate of drug-likeness (QED) is 0.507. The van der Waals surface area contributed by atoms with E-state index < -0.39 is 0 Å². The molecule has 1 aromatic heterocycles. The SMILES string of the molecule is COc1ccc(-c2cnc(CNCc3ccc(Cl)cc3Cl)s2)c(OC)c1OC. The highest BCUT2D eigenvalue weighted by Crippen LogP contribution is 2.45. The van der Waals surface area contributed by atoms with Crippen LogP contribution >= 0.6 is 34.5 Å². The van der Waals surface area contributed by atoms with E-state index in [0.717, 1.165) is 21.0 Å². The Morgan fingerprint density at radius 1 is 0.964 bits per heavy atom. The van der Waals surface area contributed by atoms with Crippen LogP contribution in [0.4, 0.5) is 0 Å². The molecule has 0 radical (unpaired) electrons. The lowest BCUT2D eigenvalue weighted by Crippen LogP contribution is -2.12. The summed E-state index contributed by atoms with van der Waals surface area (Å²) in [4.78, 5) is 5.49. The minimum Gasteiger partial charge on any atom is -0.493 e. The largest absolute Gasteiger partial charge is 0.493 e. The third-order valence-electron chi connectivity index (χ3n) is 4.13. The molecule has 0 aliphatic heterocycles. The molecule has 1 N–H and O–H groups in total. The molecule has 0 spiro atoms. The molecule has 1 heterocycles. The maximum atomic E-state index is 6.21. The Bertz CT molecular complexity index is 963. The maximum Gasteiger partial charge on any atom is 0.203 e. The third kappa shape index (κ3) is 4.52. The van der Waals surface area contributed by atoms with E-state index in [0.29, 0.717) is 40.4 Å². The second-order valence-electron chi connectivity index (χ2n) is 5.84. The van der Waals surface area contributed by atoms with Crippen molar-refractivity contribution in [2.75, 3.05) is 21.3 Å². The van der Waals surface area contributed by atoms with Gasteiger partial charge >= 0.3 is 0 Å². The average Bonchev–Trinajstić information content (AvgIpc) is 3.17. The van der Waals surface area contributed by atoms with E-state index in [4.69, 9.17) is 37.4 Å². The molecule has 5 nitrogen and oxygen atoms in total. The monoisotopic (exact) mass is 438 g/mol. The molecule has 0 aliphatic carbocycles. The number of benzene rings is 2. The lowest BCUT2D eigenvalue weighted by atomic mass is 10.1. The molecule has 0 aliphatic rings. The molecule has 28 heavy (non-hydrogen) atoms.